The van der Waals surface area contributed by atoms with Crippen molar-refractivity contribution in [3.63, 3.8) is 0 Å². The second-order valence-corrected chi connectivity index (χ2v) is 7.73. The van der Waals surface area contributed by atoms with Crippen molar-refractivity contribution in [2.24, 2.45) is 11.8 Å². The Balaban J connectivity index is 0. The standard InChI is InChI=1S/C10H21.BrH.Mg.H2O/c1-5-10(4)8-6-7-9(2)3;;;/h9-10H,1,5-8H2,2-4H3;1H;;1H2/q;;+1;/p-1. The van der Waals surface area contributed by atoms with Crippen molar-refractivity contribution in [2.45, 2.75) is 51.0 Å². The molecule has 1 atom stereocenters. The number of hydrogen-bond donors (Lipinski definition) is 0. The first-order valence-electron chi connectivity index (χ1n) is 5.22. The molecule has 0 aliphatic carbocycles. The minimum absolute atomic E-state index is 0. The molecule has 0 aliphatic heterocycles. The van der Waals surface area contributed by atoms with Gasteiger partial charge in [0.2, 0.25) is 0 Å². The molecule has 0 aromatic rings. The highest BCUT2D eigenvalue weighted by atomic mass is 79.9. The summed E-state index contributed by atoms with van der Waals surface area (Å²) in [4.78, 5) is 0. The van der Waals surface area contributed by atoms with Crippen LogP contribution in [0.2, 0.25) is 4.55 Å². The van der Waals surface area contributed by atoms with Gasteiger partial charge in [-0.05, 0) is 11.8 Å². The van der Waals surface area contributed by atoms with Crippen LogP contribution in [0, 0.1) is 11.8 Å². The van der Waals surface area contributed by atoms with Gasteiger partial charge in [-0.3, -0.25) is 0 Å². The summed E-state index contributed by atoms with van der Waals surface area (Å²) in [6, 6.07) is 0. The monoisotopic (exact) mass is 262 g/mol. The smallest absolute Gasteiger partial charge is 0.412 e. The molecule has 3 heteroatoms. The third kappa shape index (κ3) is 13.2. The SMILES string of the molecule is CC(C)CCCC(C)C[CH2][Mg][Br].O. The molecule has 0 aromatic heterocycles. The lowest BCUT2D eigenvalue weighted by Gasteiger charge is -2.10. The van der Waals surface area contributed by atoms with Gasteiger partial charge in [0.1, 0.15) is 0 Å². The molecule has 0 aromatic carbocycles. The highest BCUT2D eigenvalue weighted by Crippen LogP contribution is 2.16. The first kappa shape index (κ1) is 16.6. The zero-order chi connectivity index (χ0) is 9.40. The molecule has 1 nitrogen and oxygen atoms in total. The molecule has 0 radical (unpaired) electrons. The van der Waals surface area contributed by atoms with E-state index in [-0.39, 0.29) is 23.7 Å². The van der Waals surface area contributed by atoms with E-state index in [4.69, 9.17) is 0 Å². The van der Waals surface area contributed by atoms with Crippen LogP contribution in [0.15, 0.2) is 0 Å². The molecular formula is C10H23BrMgO. The van der Waals surface area contributed by atoms with E-state index in [0.717, 1.165) is 11.8 Å². The summed E-state index contributed by atoms with van der Waals surface area (Å²) in [6.07, 6.45) is 5.74. The maximum Gasteiger partial charge on any atom is 0.468 e. The van der Waals surface area contributed by atoms with Crippen molar-refractivity contribution in [3.8, 4) is 0 Å². The Bertz CT molecular complexity index is 98.9. The summed E-state index contributed by atoms with van der Waals surface area (Å²) in [5.41, 5.74) is 0. The molecule has 0 fully saturated rings. The Kier molecular flexibility index (Phi) is 14.4. The van der Waals surface area contributed by atoms with E-state index in [1.165, 1.54) is 30.2 Å². The Morgan fingerprint density at radius 1 is 1.08 bits per heavy atom. The van der Waals surface area contributed by atoms with Crippen LogP contribution >= 0.6 is 12.9 Å². The van der Waals surface area contributed by atoms with E-state index in [2.05, 4.69) is 33.7 Å². The molecule has 1 unspecified atom stereocenters. The third-order valence-corrected chi connectivity index (χ3v) is 4.67. The van der Waals surface area contributed by atoms with Gasteiger partial charge in [-0.2, -0.15) is 0 Å². The average molecular weight is 264 g/mol. The normalized spacial score (nSPS) is 12.1. The van der Waals surface area contributed by atoms with Gasteiger partial charge in [0.05, 0.1) is 0 Å². The zero-order valence-corrected chi connectivity index (χ0v) is 12.3. The molecule has 0 saturated carbocycles. The van der Waals surface area contributed by atoms with Crippen LogP contribution < -0.4 is 0 Å². The summed E-state index contributed by atoms with van der Waals surface area (Å²) < 4.78 is 1.48. The van der Waals surface area contributed by atoms with E-state index < -0.39 is 0 Å². The third-order valence-electron chi connectivity index (χ3n) is 2.31. The number of rotatable bonds is 7. The maximum atomic E-state index is 3.61. The largest absolute Gasteiger partial charge is 0.468 e. The van der Waals surface area contributed by atoms with Crippen LogP contribution in [-0.2, 0) is 0 Å². The van der Waals surface area contributed by atoms with Gasteiger partial charge in [0.25, 0.3) is 0 Å². The van der Waals surface area contributed by atoms with Crippen LogP contribution in [0.3, 0.4) is 0 Å². The second kappa shape index (κ2) is 11.3. The molecule has 0 heterocycles. The molecule has 2 N–H and O–H groups in total. The topological polar surface area (TPSA) is 31.5 Å². The molecule has 0 spiro atoms. The molecule has 78 valence electrons. The maximum absolute atomic E-state index is 3.61. The molecule has 0 rings (SSSR count). The van der Waals surface area contributed by atoms with Crippen molar-refractivity contribution in [3.05, 3.63) is 0 Å². The molecular weight excluding hydrogens is 240 g/mol. The zero-order valence-electron chi connectivity index (χ0n) is 9.28. The minimum atomic E-state index is 0. The van der Waals surface area contributed by atoms with Crippen LogP contribution in [-0.4, -0.2) is 23.7 Å². The van der Waals surface area contributed by atoms with Crippen molar-refractivity contribution >= 4 is 31.1 Å². The van der Waals surface area contributed by atoms with Gasteiger partial charge in [0, 0.05) is 0 Å². The molecule has 0 saturated heterocycles. The summed E-state index contributed by atoms with van der Waals surface area (Å²) in [6.45, 7) is 7.03. The van der Waals surface area contributed by atoms with Gasteiger partial charge in [0.15, 0.2) is 0 Å². The van der Waals surface area contributed by atoms with Gasteiger partial charge >= 0.3 is 18.2 Å². The predicted octanol–water partition coefficient (Wildman–Crippen LogP) is 3.45. The highest BCUT2D eigenvalue weighted by molar-refractivity contribution is 9.23. The Morgan fingerprint density at radius 2 is 1.69 bits per heavy atom. The Morgan fingerprint density at radius 3 is 2.15 bits per heavy atom. The van der Waals surface area contributed by atoms with Crippen molar-refractivity contribution in [2.75, 3.05) is 0 Å². The van der Waals surface area contributed by atoms with Crippen LogP contribution in [0.5, 0.6) is 0 Å². The van der Waals surface area contributed by atoms with Gasteiger partial charge in [-0.1, -0.05) is 46.5 Å². The number of hydrogen-bond acceptors (Lipinski definition) is 0. The molecule has 13 heavy (non-hydrogen) atoms. The van der Waals surface area contributed by atoms with E-state index in [1.54, 1.807) is 0 Å². The summed E-state index contributed by atoms with van der Waals surface area (Å²) in [5, 5.41) is 0. The number of halogens is 1. The van der Waals surface area contributed by atoms with E-state index in [1.807, 2.05) is 0 Å². The van der Waals surface area contributed by atoms with Crippen molar-refractivity contribution in [1.82, 2.24) is 0 Å². The fraction of sp³-hybridized carbons (Fsp3) is 1.00. The van der Waals surface area contributed by atoms with Crippen molar-refractivity contribution < 1.29 is 5.48 Å². The summed E-state index contributed by atoms with van der Waals surface area (Å²) in [5.74, 6) is 1.86. The van der Waals surface area contributed by atoms with Gasteiger partial charge in [-0.25, -0.2) is 0 Å². The second-order valence-electron chi connectivity index (χ2n) is 4.26. The lowest BCUT2D eigenvalue weighted by atomic mass is 9.98. The Hall–Kier alpha value is 1.21. The van der Waals surface area contributed by atoms with Crippen LogP contribution in [0.1, 0.15) is 46.5 Å². The van der Waals surface area contributed by atoms with Gasteiger partial charge in [-0.15, -0.1) is 4.55 Å². The van der Waals surface area contributed by atoms with Crippen LogP contribution in [0.25, 0.3) is 0 Å². The van der Waals surface area contributed by atoms with Crippen molar-refractivity contribution in [1.29, 1.82) is 0 Å². The predicted molar refractivity (Wildman–Crippen MR) is 65.6 cm³/mol. The van der Waals surface area contributed by atoms with E-state index in [0.29, 0.717) is 0 Å². The van der Waals surface area contributed by atoms with Gasteiger partial charge < -0.3 is 18.4 Å². The molecule has 0 aliphatic rings. The fourth-order valence-corrected chi connectivity index (χ4v) is 3.27. The first-order valence-corrected chi connectivity index (χ1v) is 10.1. The molecule has 0 amide bonds. The van der Waals surface area contributed by atoms with Crippen LogP contribution in [0.4, 0.5) is 0 Å². The minimum Gasteiger partial charge on any atom is -0.412 e. The van der Waals surface area contributed by atoms with E-state index >= 15 is 0 Å². The van der Waals surface area contributed by atoms with E-state index in [9.17, 15) is 0 Å². The fourth-order valence-electron chi connectivity index (χ4n) is 1.44. The summed E-state index contributed by atoms with van der Waals surface area (Å²) in [7, 11) is 0. The lowest BCUT2D eigenvalue weighted by molar-refractivity contribution is 0.449. The highest BCUT2D eigenvalue weighted by Gasteiger charge is 2.02. The quantitative estimate of drug-likeness (QED) is 0.630. The Labute approximate surface area is 99.0 Å². The molecule has 0 bridgehead atoms. The first-order chi connectivity index (χ1) is 5.66. The average Bonchev–Trinajstić information content (AvgIpc) is 2.00. The lowest BCUT2D eigenvalue weighted by Crippen LogP contribution is -1.97. The summed E-state index contributed by atoms with van der Waals surface area (Å²) >= 11 is 3.75.